The molecule has 2 aromatic heterocycles. The fourth-order valence-corrected chi connectivity index (χ4v) is 2.86. The van der Waals surface area contributed by atoms with Gasteiger partial charge in [0.1, 0.15) is 16.8 Å². The first kappa shape index (κ1) is 13.2. The molecule has 0 saturated carbocycles. The summed E-state index contributed by atoms with van der Waals surface area (Å²) in [5.41, 5.74) is 0. The minimum absolute atomic E-state index is 0.0195. The highest BCUT2D eigenvalue weighted by atomic mass is 32.1. The predicted molar refractivity (Wildman–Crippen MR) is 76.4 cm³/mol. The summed E-state index contributed by atoms with van der Waals surface area (Å²) in [6.45, 7) is 6.85. The number of thiophene rings is 1. The fourth-order valence-electron chi connectivity index (χ4n) is 1.97. The van der Waals surface area contributed by atoms with E-state index in [1.54, 1.807) is 11.3 Å². The van der Waals surface area contributed by atoms with Gasteiger partial charge in [-0.15, -0.1) is 11.3 Å². The first-order chi connectivity index (χ1) is 8.69. The zero-order valence-electron chi connectivity index (χ0n) is 11.3. The second-order valence-corrected chi connectivity index (χ2v) is 5.34. The third-order valence-corrected chi connectivity index (χ3v) is 3.74. The highest BCUT2D eigenvalue weighted by molar-refractivity contribution is 7.18. The Morgan fingerprint density at radius 2 is 2.17 bits per heavy atom. The summed E-state index contributed by atoms with van der Waals surface area (Å²) >= 11 is 1.70. The van der Waals surface area contributed by atoms with Crippen LogP contribution in [0.15, 0.2) is 6.07 Å². The Kier molecular flexibility index (Phi) is 4.14. The quantitative estimate of drug-likeness (QED) is 0.898. The lowest BCUT2D eigenvalue weighted by Gasteiger charge is -2.14. The topological polar surface area (TPSA) is 47.0 Å². The number of aryl methyl sites for hydroxylation is 1. The minimum Gasteiger partial charge on any atom is -0.372 e. The van der Waals surface area contributed by atoms with Gasteiger partial charge in [0.05, 0.1) is 5.39 Å². The Morgan fingerprint density at radius 3 is 2.78 bits per heavy atom. The molecular formula is C13H19N3OS. The van der Waals surface area contributed by atoms with E-state index in [4.69, 9.17) is 4.74 Å². The van der Waals surface area contributed by atoms with Crippen molar-refractivity contribution in [1.82, 2.24) is 9.97 Å². The average Bonchev–Trinajstić information content (AvgIpc) is 2.74. The maximum atomic E-state index is 5.68. The van der Waals surface area contributed by atoms with Crippen LogP contribution in [0.4, 0.5) is 5.82 Å². The molecule has 0 saturated heterocycles. The van der Waals surface area contributed by atoms with E-state index in [2.05, 4.69) is 35.2 Å². The molecule has 0 spiro atoms. The van der Waals surface area contributed by atoms with Crippen molar-refractivity contribution in [2.24, 2.45) is 0 Å². The third-order valence-electron chi connectivity index (χ3n) is 2.80. The molecule has 18 heavy (non-hydrogen) atoms. The van der Waals surface area contributed by atoms with E-state index >= 15 is 0 Å². The number of anilines is 1. The molecule has 4 nitrogen and oxygen atoms in total. The Bertz CT molecular complexity index is 538. The normalized spacial score (nSPS) is 12.9. The number of rotatable bonds is 5. The van der Waals surface area contributed by atoms with E-state index in [1.165, 1.54) is 4.88 Å². The maximum Gasteiger partial charge on any atom is 0.161 e. The molecule has 2 heterocycles. The van der Waals surface area contributed by atoms with Gasteiger partial charge in [0.2, 0.25) is 0 Å². The fraction of sp³-hybridized carbons (Fsp3) is 0.538. The van der Waals surface area contributed by atoms with E-state index in [9.17, 15) is 0 Å². The van der Waals surface area contributed by atoms with Crippen LogP contribution in [0, 0.1) is 6.92 Å². The summed E-state index contributed by atoms with van der Waals surface area (Å²) in [4.78, 5) is 11.5. The smallest absolute Gasteiger partial charge is 0.161 e. The molecule has 98 valence electrons. The number of fused-ring (bicyclic) bond motifs is 1. The van der Waals surface area contributed by atoms with Gasteiger partial charge in [-0.05, 0) is 26.3 Å². The van der Waals surface area contributed by atoms with Crippen LogP contribution in [0.3, 0.4) is 0 Å². The minimum atomic E-state index is -0.0195. The number of ether oxygens (including phenoxy) is 1. The van der Waals surface area contributed by atoms with Crippen LogP contribution in [0.1, 0.15) is 37.1 Å². The molecule has 0 radical (unpaired) electrons. The maximum absolute atomic E-state index is 5.68. The lowest BCUT2D eigenvalue weighted by atomic mass is 10.2. The largest absolute Gasteiger partial charge is 0.372 e. The summed E-state index contributed by atoms with van der Waals surface area (Å²) in [6, 6.07) is 2.12. The van der Waals surface area contributed by atoms with Crippen molar-refractivity contribution in [3.05, 3.63) is 16.8 Å². The van der Waals surface area contributed by atoms with E-state index in [-0.39, 0.29) is 6.10 Å². The molecule has 0 bridgehead atoms. The molecule has 1 N–H and O–H groups in total. The van der Waals surface area contributed by atoms with Crippen LogP contribution in [0.25, 0.3) is 10.2 Å². The molecule has 0 aromatic carbocycles. The van der Waals surface area contributed by atoms with Crippen LogP contribution in [-0.4, -0.2) is 23.6 Å². The Labute approximate surface area is 111 Å². The number of hydrogen-bond acceptors (Lipinski definition) is 5. The first-order valence-electron chi connectivity index (χ1n) is 6.27. The van der Waals surface area contributed by atoms with Gasteiger partial charge in [-0.25, -0.2) is 9.97 Å². The van der Waals surface area contributed by atoms with E-state index in [0.717, 1.165) is 28.3 Å². The van der Waals surface area contributed by atoms with Crippen molar-refractivity contribution in [3.63, 3.8) is 0 Å². The Balaban J connectivity index is 2.51. The monoisotopic (exact) mass is 265 g/mol. The van der Waals surface area contributed by atoms with Crippen LogP contribution in [0.2, 0.25) is 0 Å². The standard InChI is InChI=1S/C13H19N3OS/c1-5-10(17-6-2)12-15-11(14-4)9-7-8(3)18-13(9)16-12/h7,10H,5-6H2,1-4H3,(H,14,15,16). The van der Waals surface area contributed by atoms with Crippen molar-refractivity contribution in [1.29, 1.82) is 0 Å². The Morgan fingerprint density at radius 1 is 1.39 bits per heavy atom. The molecule has 1 atom stereocenters. The molecular weight excluding hydrogens is 246 g/mol. The molecule has 0 aliphatic rings. The molecule has 0 aliphatic heterocycles. The second kappa shape index (κ2) is 5.63. The van der Waals surface area contributed by atoms with Crippen LogP contribution >= 0.6 is 11.3 Å². The molecule has 2 aromatic rings. The molecule has 0 fully saturated rings. The van der Waals surface area contributed by atoms with Crippen LogP contribution in [-0.2, 0) is 4.74 Å². The van der Waals surface area contributed by atoms with E-state index in [0.29, 0.717) is 6.61 Å². The third kappa shape index (κ3) is 2.47. The highest BCUT2D eigenvalue weighted by Crippen LogP contribution is 2.30. The van der Waals surface area contributed by atoms with Gasteiger partial charge >= 0.3 is 0 Å². The zero-order chi connectivity index (χ0) is 13.1. The van der Waals surface area contributed by atoms with Gasteiger partial charge in [-0.3, -0.25) is 0 Å². The van der Waals surface area contributed by atoms with E-state index in [1.807, 2.05) is 14.0 Å². The van der Waals surface area contributed by atoms with Gasteiger partial charge in [-0.2, -0.15) is 0 Å². The van der Waals surface area contributed by atoms with Crippen molar-refractivity contribution in [2.45, 2.75) is 33.3 Å². The summed E-state index contributed by atoms with van der Waals surface area (Å²) in [5, 5.41) is 4.24. The van der Waals surface area contributed by atoms with Gasteiger partial charge in [0.25, 0.3) is 0 Å². The summed E-state index contributed by atoms with van der Waals surface area (Å²) in [6.07, 6.45) is 0.862. The van der Waals surface area contributed by atoms with Crippen molar-refractivity contribution in [2.75, 3.05) is 19.0 Å². The number of nitrogens with one attached hydrogen (secondary N) is 1. The van der Waals surface area contributed by atoms with Crippen molar-refractivity contribution >= 4 is 27.4 Å². The summed E-state index contributed by atoms with van der Waals surface area (Å²) < 4.78 is 5.68. The molecule has 5 heteroatoms. The number of aromatic nitrogens is 2. The molecule has 0 aliphatic carbocycles. The molecule has 0 amide bonds. The van der Waals surface area contributed by atoms with Crippen LogP contribution in [0.5, 0.6) is 0 Å². The van der Waals surface area contributed by atoms with Crippen molar-refractivity contribution < 1.29 is 4.74 Å². The number of hydrogen-bond donors (Lipinski definition) is 1. The van der Waals surface area contributed by atoms with Crippen molar-refractivity contribution in [3.8, 4) is 0 Å². The van der Waals surface area contributed by atoms with Gasteiger partial charge < -0.3 is 10.1 Å². The predicted octanol–water partition coefficient (Wildman–Crippen LogP) is 3.53. The SMILES string of the molecule is CCOC(CC)c1nc(NC)c2cc(C)sc2n1. The molecule has 2 rings (SSSR count). The van der Waals surface area contributed by atoms with Gasteiger partial charge in [0, 0.05) is 18.5 Å². The first-order valence-corrected chi connectivity index (χ1v) is 7.08. The highest BCUT2D eigenvalue weighted by Gasteiger charge is 2.16. The lowest BCUT2D eigenvalue weighted by molar-refractivity contribution is 0.0539. The van der Waals surface area contributed by atoms with Gasteiger partial charge in [-0.1, -0.05) is 6.92 Å². The lowest BCUT2D eigenvalue weighted by Crippen LogP contribution is -2.09. The second-order valence-electron chi connectivity index (χ2n) is 4.11. The average molecular weight is 265 g/mol. The summed E-state index contributed by atoms with van der Waals surface area (Å²) in [7, 11) is 1.89. The zero-order valence-corrected chi connectivity index (χ0v) is 12.1. The summed E-state index contributed by atoms with van der Waals surface area (Å²) in [5.74, 6) is 1.66. The van der Waals surface area contributed by atoms with Crippen LogP contribution < -0.4 is 5.32 Å². The number of nitrogens with zero attached hydrogens (tertiary/aromatic N) is 2. The van der Waals surface area contributed by atoms with Gasteiger partial charge in [0.15, 0.2) is 5.82 Å². The Hall–Kier alpha value is -1.20. The molecule has 1 unspecified atom stereocenters. The van der Waals surface area contributed by atoms with E-state index < -0.39 is 0 Å².